The summed E-state index contributed by atoms with van der Waals surface area (Å²) in [5.41, 5.74) is 2.35. The average Bonchev–Trinajstić information content (AvgIpc) is 3.24. The number of H-pyrrole nitrogens is 1. The molecule has 0 aliphatic carbocycles. The van der Waals surface area contributed by atoms with Crippen molar-refractivity contribution in [1.29, 1.82) is 0 Å². The van der Waals surface area contributed by atoms with Gasteiger partial charge in [-0.2, -0.15) is 5.16 Å². The van der Waals surface area contributed by atoms with Crippen LogP contribution in [0, 0.1) is 0 Å². The maximum Gasteiger partial charge on any atom is 0.280 e. The van der Waals surface area contributed by atoms with E-state index in [0.29, 0.717) is 32.0 Å². The van der Waals surface area contributed by atoms with Crippen molar-refractivity contribution in [2.45, 2.75) is 38.0 Å². The van der Waals surface area contributed by atoms with Crippen LogP contribution in [0.4, 0.5) is 0 Å². The Bertz CT molecular complexity index is 696. The molecule has 0 spiro atoms. The molecule has 1 amide bonds. The molecule has 3 heterocycles. The van der Waals surface area contributed by atoms with Crippen molar-refractivity contribution in [2.24, 2.45) is 0 Å². The van der Waals surface area contributed by atoms with Crippen molar-refractivity contribution in [3.63, 3.8) is 0 Å². The van der Waals surface area contributed by atoms with Crippen molar-refractivity contribution >= 4 is 17.2 Å². The second-order valence-corrected chi connectivity index (χ2v) is 6.26. The van der Waals surface area contributed by atoms with Crippen LogP contribution in [0.5, 0.6) is 0 Å². The lowest BCUT2D eigenvalue weighted by atomic mass is 10.1. The van der Waals surface area contributed by atoms with Crippen LogP contribution < -0.4 is 10.9 Å². The minimum Gasteiger partial charge on any atom is -0.384 e. The minimum atomic E-state index is -0.304. The molecule has 1 fully saturated rings. The van der Waals surface area contributed by atoms with E-state index in [1.807, 2.05) is 5.38 Å². The molecule has 1 aliphatic heterocycles. The summed E-state index contributed by atoms with van der Waals surface area (Å²) in [5, 5.41) is 7.08. The van der Waals surface area contributed by atoms with Gasteiger partial charge in [-0.25, -0.2) is 4.98 Å². The summed E-state index contributed by atoms with van der Waals surface area (Å²) < 4.78 is 16.3. The number of hydrogen-bond donors (Lipinski definition) is 2. The molecular weight excluding hydrogens is 334 g/mol. The molecule has 0 saturated carbocycles. The van der Waals surface area contributed by atoms with Crippen LogP contribution in [0.1, 0.15) is 24.3 Å². The zero-order valence-electron chi connectivity index (χ0n) is 13.0. The maximum atomic E-state index is 12.1. The normalized spacial score (nSPS) is 20.8. The number of carbonyl (C=O) groups is 1. The highest BCUT2D eigenvalue weighted by Crippen LogP contribution is 2.15. The van der Waals surface area contributed by atoms with Gasteiger partial charge in [0.1, 0.15) is 5.76 Å². The standard InChI is InChI=1S/C15H19N3O5S/c19-14(2-1-11-5-15(20)18-23-11)17-12-7-21-4-3-13(12)22-6-10-8-24-9-16-10/h5,8-9,12-13H,1-4,6-7H2,(H,17,19)(H,18,20)/t12-,13+/m1/s1. The number of aromatic nitrogens is 2. The number of thiazole rings is 1. The molecule has 3 rings (SSSR count). The van der Waals surface area contributed by atoms with Gasteiger partial charge in [-0.15, -0.1) is 11.3 Å². The van der Waals surface area contributed by atoms with Gasteiger partial charge >= 0.3 is 0 Å². The van der Waals surface area contributed by atoms with E-state index < -0.39 is 0 Å². The fraction of sp³-hybridized carbons (Fsp3) is 0.533. The van der Waals surface area contributed by atoms with Crippen LogP contribution in [0.25, 0.3) is 0 Å². The first-order chi connectivity index (χ1) is 11.7. The van der Waals surface area contributed by atoms with E-state index in [1.165, 1.54) is 17.4 Å². The summed E-state index contributed by atoms with van der Waals surface area (Å²) in [7, 11) is 0. The Morgan fingerprint density at radius 1 is 1.54 bits per heavy atom. The third-order valence-corrected chi connectivity index (χ3v) is 4.38. The zero-order chi connectivity index (χ0) is 16.8. The van der Waals surface area contributed by atoms with Gasteiger partial charge in [0.25, 0.3) is 5.56 Å². The minimum absolute atomic E-state index is 0.102. The van der Waals surface area contributed by atoms with Gasteiger partial charge < -0.3 is 19.3 Å². The molecule has 0 radical (unpaired) electrons. The SMILES string of the molecule is O=C(CCc1cc(=O)[nH]o1)N[C@@H]1COCC[C@@H]1OCc1cscn1. The molecule has 24 heavy (non-hydrogen) atoms. The van der Waals surface area contributed by atoms with Gasteiger partial charge in [-0.05, 0) is 6.42 Å². The van der Waals surface area contributed by atoms with Crippen LogP contribution in [0.2, 0.25) is 0 Å². The molecule has 0 bridgehead atoms. The van der Waals surface area contributed by atoms with Crippen LogP contribution >= 0.6 is 11.3 Å². The van der Waals surface area contributed by atoms with E-state index in [4.69, 9.17) is 14.0 Å². The molecule has 0 aromatic carbocycles. The first kappa shape index (κ1) is 16.9. The highest BCUT2D eigenvalue weighted by atomic mass is 32.1. The summed E-state index contributed by atoms with van der Waals surface area (Å²) in [6.45, 7) is 1.46. The summed E-state index contributed by atoms with van der Waals surface area (Å²) in [6.07, 6.45) is 1.22. The lowest BCUT2D eigenvalue weighted by molar-refractivity contribution is -0.126. The highest BCUT2D eigenvalue weighted by molar-refractivity contribution is 7.07. The van der Waals surface area contributed by atoms with Crippen molar-refractivity contribution in [2.75, 3.05) is 13.2 Å². The molecular formula is C15H19N3O5S. The first-order valence-corrected chi connectivity index (χ1v) is 8.68. The molecule has 2 aromatic heterocycles. The molecule has 8 nitrogen and oxygen atoms in total. The molecule has 1 saturated heterocycles. The number of ether oxygens (including phenoxy) is 2. The topological polar surface area (TPSA) is 106 Å². The molecule has 2 atom stereocenters. The number of hydrogen-bond acceptors (Lipinski definition) is 7. The van der Waals surface area contributed by atoms with Gasteiger partial charge in [0.05, 0.1) is 36.6 Å². The Morgan fingerprint density at radius 3 is 3.21 bits per heavy atom. The van der Waals surface area contributed by atoms with Crippen molar-refractivity contribution in [3.05, 3.63) is 38.8 Å². The Morgan fingerprint density at radius 2 is 2.46 bits per heavy atom. The van der Waals surface area contributed by atoms with Crippen molar-refractivity contribution in [3.8, 4) is 0 Å². The number of carbonyl (C=O) groups excluding carboxylic acids is 1. The number of aromatic amines is 1. The summed E-state index contributed by atoms with van der Waals surface area (Å²) in [6, 6.07) is 1.15. The van der Waals surface area contributed by atoms with Crippen LogP contribution in [-0.4, -0.2) is 41.4 Å². The van der Waals surface area contributed by atoms with E-state index >= 15 is 0 Å². The molecule has 9 heteroatoms. The predicted octanol–water partition coefficient (Wildman–Crippen LogP) is 0.847. The Labute approximate surface area is 142 Å². The molecule has 1 aliphatic rings. The molecule has 0 unspecified atom stereocenters. The molecule has 130 valence electrons. The lowest BCUT2D eigenvalue weighted by Gasteiger charge is -2.32. The lowest BCUT2D eigenvalue weighted by Crippen LogP contribution is -2.50. The van der Waals surface area contributed by atoms with Gasteiger partial charge in [0.15, 0.2) is 0 Å². The second-order valence-electron chi connectivity index (χ2n) is 5.55. The van der Waals surface area contributed by atoms with Gasteiger partial charge in [0, 0.05) is 30.9 Å². The predicted molar refractivity (Wildman–Crippen MR) is 85.7 cm³/mol. The van der Waals surface area contributed by atoms with Crippen molar-refractivity contribution < 1.29 is 18.8 Å². The molecule has 2 N–H and O–H groups in total. The Balaban J connectivity index is 1.47. The van der Waals surface area contributed by atoms with E-state index in [1.54, 1.807) is 5.51 Å². The van der Waals surface area contributed by atoms with E-state index in [0.717, 1.165) is 12.1 Å². The van der Waals surface area contributed by atoms with E-state index in [-0.39, 0.29) is 30.0 Å². The van der Waals surface area contributed by atoms with Crippen LogP contribution in [0.3, 0.4) is 0 Å². The highest BCUT2D eigenvalue weighted by Gasteiger charge is 2.28. The first-order valence-electron chi connectivity index (χ1n) is 7.74. The number of nitrogens with zero attached hydrogens (tertiary/aromatic N) is 1. The van der Waals surface area contributed by atoms with Gasteiger partial charge in [0.2, 0.25) is 5.91 Å². The second kappa shape index (κ2) is 8.22. The average molecular weight is 353 g/mol. The van der Waals surface area contributed by atoms with Gasteiger partial charge in [-0.3, -0.25) is 9.59 Å². The van der Waals surface area contributed by atoms with Gasteiger partial charge in [-0.1, -0.05) is 0 Å². The smallest absolute Gasteiger partial charge is 0.280 e. The Hall–Kier alpha value is -1.97. The number of nitrogens with one attached hydrogen (secondary N) is 2. The van der Waals surface area contributed by atoms with E-state index in [2.05, 4.69) is 15.5 Å². The monoisotopic (exact) mass is 353 g/mol. The third kappa shape index (κ3) is 4.76. The fourth-order valence-corrected chi connectivity index (χ4v) is 3.06. The number of rotatable bonds is 7. The largest absolute Gasteiger partial charge is 0.384 e. The molecule has 2 aromatic rings. The van der Waals surface area contributed by atoms with E-state index in [9.17, 15) is 9.59 Å². The maximum absolute atomic E-state index is 12.1. The number of aryl methyl sites for hydroxylation is 1. The van der Waals surface area contributed by atoms with Crippen molar-refractivity contribution in [1.82, 2.24) is 15.5 Å². The third-order valence-electron chi connectivity index (χ3n) is 3.74. The number of amides is 1. The summed E-state index contributed by atoms with van der Waals surface area (Å²) >= 11 is 1.52. The summed E-state index contributed by atoms with van der Waals surface area (Å²) in [5.74, 6) is 0.336. The Kier molecular flexibility index (Phi) is 5.78. The summed E-state index contributed by atoms with van der Waals surface area (Å²) in [4.78, 5) is 27.3. The van der Waals surface area contributed by atoms with Crippen LogP contribution in [-0.2, 0) is 27.3 Å². The van der Waals surface area contributed by atoms with Crippen LogP contribution in [0.15, 0.2) is 26.3 Å². The zero-order valence-corrected chi connectivity index (χ0v) is 13.8. The quantitative estimate of drug-likeness (QED) is 0.764. The fourth-order valence-electron chi connectivity index (χ4n) is 2.51.